The van der Waals surface area contributed by atoms with E-state index < -0.39 is 5.97 Å². The minimum Gasteiger partial charge on any atom is -0.464 e. The van der Waals surface area contributed by atoms with Crippen molar-refractivity contribution in [3.05, 3.63) is 57.8 Å². The first kappa shape index (κ1) is 14.1. The summed E-state index contributed by atoms with van der Waals surface area (Å²) in [5, 5.41) is 3.26. The molecule has 0 aliphatic rings. The lowest BCUT2D eigenvalue weighted by Crippen LogP contribution is -2.11. The maximum atomic E-state index is 13.1. The van der Waals surface area contributed by atoms with Gasteiger partial charge in [-0.1, -0.05) is 17.7 Å². The maximum Gasteiger partial charge on any atom is 0.354 e. The minimum atomic E-state index is -0.406. The number of esters is 1. The van der Waals surface area contributed by atoms with E-state index in [1.165, 1.54) is 30.6 Å². The Hall–Kier alpha value is -1.85. The molecule has 0 unspecified atom stereocenters. The SMILES string of the molecule is COC(=O)c1cc2ccsc2n1Cc1ccc(F)cc1Cl. The second-order valence-electron chi connectivity index (χ2n) is 4.52. The third-order valence-electron chi connectivity index (χ3n) is 3.24. The number of methoxy groups -OCH3 is 1. The number of rotatable bonds is 3. The molecule has 0 radical (unpaired) electrons. The van der Waals surface area contributed by atoms with Crippen LogP contribution in [0.15, 0.2) is 35.7 Å². The molecule has 2 heterocycles. The van der Waals surface area contributed by atoms with Crippen LogP contribution in [-0.4, -0.2) is 17.6 Å². The zero-order valence-corrected chi connectivity index (χ0v) is 12.7. The van der Waals surface area contributed by atoms with Gasteiger partial charge in [0.1, 0.15) is 16.3 Å². The summed E-state index contributed by atoms with van der Waals surface area (Å²) in [5.41, 5.74) is 1.20. The third kappa shape index (κ3) is 2.54. The van der Waals surface area contributed by atoms with Gasteiger partial charge in [-0.25, -0.2) is 9.18 Å². The molecule has 3 rings (SSSR count). The average Bonchev–Trinajstić information content (AvgIpc) is 3.03. The molecule has 3 aromatic rings. The van der Waals surface area contributed by atoms with Gasteiger partial charge < -0.3 is 9.30 Å². The van der Waals surface area contributed by atoms with Gasteiger partial charge in [0.2, 0.25) is 0 Å². The first-order valence-corrected chi connectivity index (χ1v) is 7.45. The van der Waals surface area contributed by atoms with Crippen molar-refractivity contribution in [2.45, 2.75) is 6.54 Å². The van der Waals surface area contributed by atoms with Crippen molar-refractivity contribution in [3.8, 4) is 0 Å². The van der Waals surface area contributed by atoms with Crippen molar-refractivity contribution < 1.29 is 13.9 Å². The van der Waals surface area contributed by atoms with E-state index >= 15 is 0 Å². The number of thiophene rings is 1. The van der Waals surface area contributed by atoms with Crippen molar-refractivity contribution in [3.63, 3.8) is 0 Å². The summed E-state index contributed by atoms with van der Waals surface area (Å²) in [4.78, 5) is 12.9. The van der Waals surface area contributed by atoms with Crippen LogP contribution in [-0.2, 0) is 11.3 Å². The standard InChI is InChI=1S/C15H11ClFNO2S/c1-20-15(19)13-6-9-4-5-21-14(9)18(13)8-10-2-3-11(17)7-12(10)16/h2-7H,8H2,1H3. The van der Waals surface area contributed by atoms with Crippen LogP contribution < -0.4 is 0 Å². The number of fused-ring (bicyclic) bond motifs is 1. The second-order valence-corrected chi connectivity index (χ2v) is 5.83. The Kier molecular flexibility index (Phi) is 3.69. The van der Waals surface area contributed by atoms with Crippen LogP contribution >= 0.6 is 22.9 Å². The van der Waals surface area contributed by atoms with Gasteiger partial charge >= 0.3 is 5.97 Å². The Bertz CT molecular complexity index is 824. The van der Waals surface area contributed by atoms with E-state index in [1.54, 1.807) is 12.1 Å². The first-order valence-electron chi connectivity index (χ1n) is 6.19. The van der Waals surface area contributed by atoms with Gasteiger partial charge in [-0.2, -0.15) is 0 Å². The molecule has 0 N–H and O–H groups in total. The summed E-state index contributed by atoms with van der Waals surface area (Å²) in [7, 11) is 1.35. The van der Waals surface area contributed by atoms with Crippen LogP contribution in [0, 0.1) is 5.82 Å². The topological polar surface area (TPSA) is 31.2 Å². The quantitative estimate of drug-likeness (QED) is 0.672. The van der Waals surface area contributed by atoms with Crippen molar-refractivity contribution in [2.75, 3.05) is 7.11 Å². The molecule has 0 fully saturated rings. The predicted molar refractivity (Wildman–Crippen MR) is 81.7 cm³/mol. The summed E-state index contributed by atoms with van der Waals surface area (Å²) < 4.78 is 19.8. The molecule has 0 amide bonds. The van der Waals surface area contributed by atoms with Crippen LogP contribution in [0.1, 0.15) is 16.1 Å². The number of aromatic nitrogens is 1. The summed E-state index contributed by atoms with van der Waals surface area (Å²) in [6.45, 7) is 0.382. The molecule has 6 heteroatoms. The first-order chi connectivity index (χ1) is 10.1. The van der Waals surface area contributed by atoms with Crippen LogP contribution in [0.2, 0.25) is 5.02 Å². The molecule has 3 nitrogen and oxygen atoms in total. The highest BCUT2D eigenvalue weighted by atomic mass is 35.5. The van der Waals surface area contributed by atoms with E-state index in [0.29, 0.717) is 17.3 Å². The van der Waals surface area contributed by atoms with E-state index in [9.17, 15) is 9.18 Å². The van der Waals surface area contributed by atoms with Gasteiger partial charge in [0.05, 0.1) is 13.7 Å². The average molecular weight is 324 g/mol. The number of hydrogen-bond acceptors (Lipinski definition) is 3. The number of benzene rings is 1. The molecule has 0 saturated heterocycles. The number of nitrogens with zero attached hydrogens (tertiary/aromatic N) is 1. The summed E-state index contributed by atoms with van der Waals surface area (Å²) in [6.07, 6.45) is 0. The van der Waals surface area contributed by atoms with E-state index in [1.807, 2.05) is 16.0 Å². The minimum absolute atomic E-state index is 0.337. The van der Waals surface area contributed by atoms with Gasteiger partial charge in [0.25, 0.3) is 0 Å². The fourth-order valence-electron chi connectivity index (χ4n) is 2.23. The van der Waals surface area contributed by atoms with Crippen molar-refractivity contribution in [1.29, 1.82) is 0 Å². The number of carbonyl (C=O) groups is 1. The van der Waals surface area contributed by atoms with E-state index in [2.05, 4.69) is 0 Å². The lowest BCUT2D eigenvalue weighted by atomic mass is 10.2. The van der Waals surface area contributed by atoms with E-state index in [0.717, 1.165) is 15.8 Å². The van der Waals surface area contributed by atoms with Gasteiger partial charge in [-0.3, -0.25) is 0 Å². The van der Waals surface area contributed by atoms with Crippen LogP contribution in [0.4, 0.5) is 4.39 Å². The zero-order chi connectivity index (χ0) is 15.0. The van der Waals surface area contributed by atoms with Crippen LogP contribution in [0.25, 0.3) is 10.2 Å². The Balaban J connectivity index is 2.10. The highest BCUT2D eigenvalue weighted by molar-refractivity contribution is 7.16. The van der Waals surface area contributed by atoms with Gasteiger partial charge in [0.15, 0.2) is 0 Å². The Morgan fingerprint density at radius 3 is 2.90 bits per heavy atom. The van der Waals surface area contributed by atoms with Gasteiger partial charge in [-0.05, 0) is 35.2 Å². The van der Waals surface area contributed by atoms with Crippen molar-refractivity contribution in [2.24, 2.45) is 0 Å². The lowest BCUT2D eigenvalue weighted by molar-refractivity contribution is 0.0589. The normalized spacial score (nSPS) is 11.0. The molecule has 21 heavy (non-hydrogen) atoms. The highest BCUT2D eigenvalue weighted by Crippen LogP contribution is 2.28. The Morgan fingerprint density at radius 1 is 1.38 bits per heavy atom. The fraction of sp³-hybridized carbons (Fsp3) is 0.133. The molecule has 0 aliphatic heterocycles. The van der Waals surface area contributed by atoms with Gasteiger partial charge in [0, 0.05) is 10.4 Å². The summed E-state index contributed by atoms with van der Waals surface area (Å²) in [5.74, 6) is -0.789. The highest BCUT2D eigenvalue weighted by Gasteiger charge is 2.18. The Labute approximate surface area is 129 Å². The van der Waals surface area contributed by atoms with Crippen molar-refractivity contribution in [1.82, 2.24) is 4.57 Å². The fourth-order valence-corrected chi connectivity index (χ4v) is 3.35. The van der Waals surface area contributed by atoms with Crippen LogP contribution in [0.5, 0.6) is 0 Å². The molecular formula is C15H11ClFNO2S. The number of ether oxygens (including phenoxy) is 1. The van der Waals surface area contributed by atoms with E-state index in [4.69, 9.17) is 16.3 Å². The summed E-state index contributed by atoms with van der Waals surface area (Å²) >= 11 is 7.60. The predicted octanol–water partition coefficient (Wildman–Crippen LogP) is 4.33. The Morgan fingerprint density at radius 2 is 2.19 bits per heavy atom. The molecule has 1 aromatic carbocycles. The number of carbonyl (C=O) groups excluding carboxylic acids is 1. The molecule has 108 valence electrons. The monoisotopic (exact) mass is 323 g/mol. The largest absolute Gasteiger partial charge is 0.464 e. The summed E-state index contributed by atoms with van der Waals surface area (Å²) in [6, 6.07) is 7.97. The van der Waals surface area contributed by atoms with Gasteiger partial charge in [-0.15, -0.1) is 11.3 Å². The zero-order valence-electron chi connectivity index (χ0n) is 11.1. The van der Waals surface area contributed by atoms with Crippen molar-refractivity contribution >= 4 is 39.1 Å². The second kappa shape index (κ2) is 5.50. The molecule has 2 aromatic heterocycles. The lowest BCUT2D eigenvalue weighted by Gasteiger charge is -2.10. The number of hydrogen-bond donors (Lipinski definition) is 0. The third-order valence-corrected chi connectivity index (χ3v) is 4.54. The molecule has 0 aliphatic carbocycles. The van der Waals surface area contributed by atoms with Crippen LogP contribution in [0.3, 0.4) is 0 Å². The molecule has 0 saturated carbocycles. The smallest absolute Gasteiger partial charge is 0.354 e. The maximum absolute atomic E-state index is 13.1. The number of halogens is 2. The molecule has 0 atom stereocenters. The van der Waals surface area contributed by atoms with E-state index in [-0.39, 0.29) is 5.82 Å². The molecule has 0 bridgehead atoms. The molecule has 0 spiro atoms. The molecular weight excluding hydrogens is 313 g/mol.